The predicted molar refractivity (Wildman–Crippen MR) is 195 cm³/mol. The van der Waals surface area contributed by atoms with Gasteiger partial charge in [-0.2, -0.15) is 0 Å². The van der Waals surface area contributed by atoms with Crippen LogP contribution in [0.5, 0.6) is 5.75 Å². The Hall–Kier alpha value is -3.36. The highest BCUT2D eigenvalue weighted by Gasteiger charge is 2.58. The predicted octanol–water partition coefficient (Wildman–Crippen LogP) is 10.5. The number of rotatable bonds is 7. The van der Waals surface area contributed by atoms with E-state index in [0.717, 1.165) is 17.8 Å². The molecule has 0 amide bonds. The molecule has 45 heavy (non-hydrogen) atoms. The van der Waals surface area contributed by atoms with Gasteiger partial charge in [0.1, 0.15) is 19.4 Å². The van der Waals surface area contributed by atoms with Gasteiger partial charge in [0.15, 0.2) is 0 Å². The molecule has 2 aliphatic carbocycles. The second-order valence-electron chi connectivity index (χ2n) is 16.0. The van der Waals surface area contributed by atoms with Crippen LogP contribution in [0.2, 0.25) is 5.54 Å². The van der Waals surface area contributed by atoms with Crippen molar-refractivity contribution in [2.75, 3.05) is 0 Å². The SMILES string of the molecule is CC1C(C)C([Si](Cc2ccccc2)(Cc2ccccc2)c2cccc(C(C)(C)C)c2OC(C)(C)C)C2C=Cc3ccccc3C12. The lowest BCUT2D eigenvalue weighted by Crippen LogP contribution is -2.59. The fraction of sp³-hybridized carbons (Fsp3) is 0.395. The molecular weight excluding hydrogens is 561 g/mol. The van der Waals surface area contributed by atoms with Gasteiger partial charge in [0, 0.05) is 0 Å². The zero-order valence-electron chi connectivity index (χ0n) is 28.7. The Morgan fingerprint density at radius 2 is 1.22 bits per heavy atom. The number of ether oxygens (including phenoxy) is 1. The number of allylic oxidation sites excluding steroid dienone is 1. The molecule has 0 radical (unpaired) electrons. The van der Waals surface area contributed by atoms with E-state index in [2.05, 4.69) is 171 Å². The smallest absolute Gasteiger partial charge is 0.123 e. The van der Waals surface area contributed by atoms with Crippen molar-refractivity contribution in [2.24, 2.45) is 17.8 Å². The summed E-state index contributed by atoms with van der Waals surface area (Å²) in [5.74, 6) is 3.32. The monoisotopic (exact) mass is 612 g/mol. The van der Waals surface area contributed by atoms with Gasteiger partial charge in [-0.05, 0) is 89.4 Å². The zero-order valence-corrected chi connectivity index (χ0v) is 29.7. The van der Waals surface area contributed by atoms with Crippen molar-refractivity contribution in [3.63, 3.8) is 0 Å². The van der Waals surface area contributed by atoms with E-state index in [1.807, 2.05) is 0 Å². The first kappa shape index (κ1) is 31.6. The van der Waals surface area contributed by atoms with Crippen LogP contribution in [-0.2, 0) is 17.5 Å². The lowest BCUT2D eigenvalue weighted by Gasteiger charge is -2.46. The summed E-state index contributed by atoms with van der Waals surface area (Å²) in [6.45, 7) is 18.8. The lowest BCUT2D eigenvalue weighted by molar-refractivity contribution is 0.129. The third kappa shape index (κ3) is 6.11. The highest BCUT2D eigenvalue weighted by Crippen LogP contribution is 2.61. The van der Waals surface area contributed by atoms with Gasteiger partial charge in [-0.3, -0.25) is 0 Å². The quantitative estimate of drug-likeness (QED) is 0.189. The fourth-order valence-corrected chi connectivity index (χ4v) is 15.6. The van der Waals surface area contributed by atoms with E-state index in [4.69, 9.17) is 4.74 Å². The summed E-state index contributed by atoms with van der Waals surface area (Å²) in [5.41, 5.74) is 7.37. The Kier molecular flexibility index (Phi) is 8.50. The Bertz CT molecular complexity index is 1600. The molecule has 0 aromatic heterocycles. The van der Waals surface area contributed by atoms with Crippen LogP contribution in [0.3, 0.4) is 0 Å². The van der Waals surface area contributed by atoms with Gasteiger partial charge in [0.2, 0.25) is 0 Å². The molecule has 4 aromatic carbocycles. The second kappa shape index (κ2) is 12.1. The van der Waals surface area contributed by atoms with Crippen LogP contribution in [0.4, 0.5) is 0 Å². The summed E-state index contributed by atoms with van der Waals surface area (Å²) >= 11 is 0. The van der Waals surface area contributed by atoms with E-state index < -0.39 is 8.07 Å². The summed E-state index contributed by atoms with van der Waals surface area (Å²) < 4.78 is 7.20. The standard InChI is InChI=1S/C43H52OSi/c1-30-31(2)41(36-27-26-34-22-15-16-23-35(34)39(30)36)45(28-32-18-11-9-12-19-32,29-33-20-13-10-14-21-33)38-25-17-24-37(42(3,4)5)40(38)44-43(6,7)8/h9-27,30-31,36,39,41H,28-29H2,1-8H3. The third-order valence-electron chi connectivity index (χ3n) is 10.8. The average molecular weight is 613 g/mol. The molecule has 6 rings (SSSR count). The minimum absolute atomic E-state index is 0.0446. The van der Waals surface area contributed by atoms with Gasteiger partial charge >= 0.3 is 0 Å². The van der Waals surface area contributed by atoms with Crippen molar-refractivity contribution in [3.05, 3.63) is 137 Å². The molecule has 5 atom stereocenters. The highest BCUT2D eigenvalue weighted by molar-refractivity contribution is 6.93. The van der Waals surface area contributed by atoms with E-state index in [0.29, 0.717) is 29.2 Å². The minimum Gasteiger partial charge on any atom is -0.488 e. The summed E-state index contributed by atoms with van der Waals surface area (Å²) in [5, 5.41) is 1.51. The Morgan fingerprint density at radius 3 is 1.80 bits per heavy atom. The topological polar surface area (TPSA) is 9.23 Å². The van der Waals surface area contributed by atoms with E-state index in [1.54, 1.807) is 5.56 Å². The van der Waals surface area contributed by atoms with E-state index in [1.165, 1.54) is 27.4 Å². The number of benzene rings is 4. The molecule has 2 heteroatoms. The zero-order chi connectivity index (χ0) is 32.0. The molecule has 0 N–H and O–H groups in total. The molecule has 0 bridgehead atoms. The maximum absolute atomic E-state index is 7.20. The normalized spacial score (nSPS) is 23.0. The molecule has 0 heterocycles. The Balaban J connectivity index is 1.68. The molecular formula is C43H52OSi. The third-order valence-corrected chi connectivity index (χ3v) is 16.5. The summed E-state index contributed by atoms with van der Waals surface area (Å²) in [6.07, 6.45) is 5.06. The number of fused-ring (bicyclic) bond motifs is 3. The van der Waals surface area contributed by atoms with Gasteiger partial charge in [0.25, 0.3) is 0 Å². The molecule has 2 aliphatic rings. The van der Waals surface area contributed by atoms with Crippen LogP contribution in [0, 0.1) is 17.8 Å². The molecule has 5 unspecified atom stereocenters. The first-order valence-corrected chi connectivity index (χ1v) is 19.6. The molecule has 1 saturated carbocycles. The van der Waals surface area contributed by atoms with Crippen LogP contribution in [-0.4, -0.2) is 13.7 Å². The largest absolute Gasteiger partial charge is 0.488 e. The molecule has 1 nitrogen and oxygen atoms in total. The molecule has 0 spiro atoms. The molecule has 1 fully saturated rings. The molecule has 0 saturated heterocycles. The minimum atomic E-state index is -2.49. The van der Waals surface area contributed by atoms with Crippen LogP contribution in [0.15, 0.2) is 109 Å². The van der Waals surface area contributed by atoms with Gasteiger partial charge < -0.3 is 4.74 Å². The number of hydrogen-bond acceptors (Lipinski definition) is 1. The lowest BCUT2D eigenvalue weighted by atomic mass is 9.77. The summed E-state index contributed by atoms with van der Waals surface area (Å²) in [4.78, 5) is 0. The fourth-order valence-electron chi connectivity index (χ4n) is 8.89. The average Bonchev–Trinajstić information content (AvgIpc) is 3.26. The maximum atomic E-state index is 7.20. The van der Waals surface area contributed by atoms with E-state index >= 15 is 0 Å². The maximum Gasteiger partial charge on any atom is 0.123 e. The van der Waals surface area contributed by atoms with Crippen molar-refractivity contribution in [1.82, 2.24) is 0 Å². The van der Waals surface area contributed by atoms with Crippen LogP contribution in [0.25, 0.3) is 6.08 Å². The highest BCUT2D eigenvalue weighted by atomic mass is 28.3. The van der Waals surface area contributed by atoms with E-state index in [9.17, 15) is 0 Å². The molecule has 4 aromatic rings. The first-order valence-electron chi connectivity index (χ1n) is 17.1. The van der Waals surface area contributed by atoms with Crippen molar-refractivity contribution in [2.45, 2.75) is 90.0 Å². The van der Waals surface area contributed by atoms with E-state index in [-0.39, 0.29) is 11.0 Å². The van der Waals surface area contributed by atoms with Crippen LogP contribution < -0.4 is 9.92 Å². The Morgan fingerprint density at radius 1 is 0.644 bits per heavy atom. The van der Waals surface area contributed by atoms with Crippen LogP contribution >= 0.6 is 0 Å². The van der Waals surface area contributed by atoms with Gasteiger partial charge in [-0.15, -0.1) is 0 Å². The molecule has 0 aliphatic heterocycles. The van der Waals surface area contributed by atoms with Gasteiger partial charge in [0.05, 0.1) is 0 Å². The van der Waals surface area contributed by atoms with Crippen molar-refractivity contribution in [3.8, 4) is 5.75 Å². The summed E-state index contributed by atoms with van der Waals surface area (Å²) in [7, 11) is -2.49. The second-order valence-corrected chi connectivity index (χ2v) is 20.2. The van der Waals surface area contributed by atoms with Crippen molar-refractivity contribution >= 4 is 19.3 Å². The van der Waals surface area contributed by atoms with Crippen molar-refractivity contribution in [1.29, 1.82) is 0 Å². The molecule has 234 valence electrons. The number of para-hydroxylation sites is 1. The van der Waals surface area contributed by atoms with Gasteiger partial charge in [-0.25, -0.2) is 0 Å². The number of hydrogen-bond donors (Lipinski definition) is 0. The van der Waals surface area contributed by atoms with Crippen molar-refractivity contribution < 1.29 is 4.74 Å². The van der Waals surface area contributed by atoms with Crippen LogP contribution in [0.1, 0.15) is 89.1 Å². The Labute approximate surface area is 273 Å². The summed E-state index contributed by atoms with van der Waals surface area (Å²) in [6, 6.07) is 41.3. The van der Waals surface area contributed by atoms with Gasteiger partial charge in [-0.1, -0.05) is 161 Å². The first-order chi connectivity index (χ1) is 21.4.